The molecule has 100 valence electrons. The highest BCUT2D eigenvalue weighted by atomic mass is 14.3. The standard InChI is InChI=1S/C19H24/c1-4-15-19(3,5-2)18-14-10-9-13-17(18)16-11-7-6-8-12-16/h6-14H,4-5,15H2,1-3H3. The van der Waals surface area contributed by atoms with Gasteiger partial charge in [0.05, 0.1) is 0 Å². The maximum absolute atomic E-state index is 2.40. The predicted molar refractivity (Wildman–Crippen MR) is 84.4 cm³/mol. The average Bonchev–Trinajstić information content (AvgIpc) is 2.48. The summed E-state index contributed by atoms with van der Waals surface area (Å²) < 4.78 is 0. The second-order valence-electron chi connectivity index (χ2n) is 5.58. The molecule has 0 saturated carbocycles. The van der Waals surface area contributed by atoms with E-state index >= 15 is 0 Å². The van der Waals surface area contributed by atoms with Crippen LogP contribution in [0.25, 0.3) is 11.1 Å². The van der Waals surface area contributed by atoms with Crippen molar-refractivity contribution >= 4 is 0 Å². The lowest BCUT2D eigenvalue weighted by Gasteiger charge is -2.31. The minimum Gasteiger partial charge on any atom is -0.0654 e. The lowest BCUT2D eigenvalue weighted by Crippen LogP contribution is -2.21. The summed E-state index contributed by atoms with van der Waals surface area (Å²) in [6, 6.07) is 19.6. The molecule has 2 aromatic rings. The Kier molecular flexibility index (Phi) is 4.42. The molecule has 0 N–H and O–H groups in total. The first kappa shape index (κ1) is 13.9. The molecular formula is C19H24. The Balaban J connectivity index is 2.53. The van der Waals surface area contributed by atoms with E-state index in [0.29, 0.717) is 0 Å². The lowest BCUT2D eigenvalue weighted by atomic mass is 9.73. The molecule has 1 unspecified atom stereocenters. The number of benzene rings is 2. The fourth-order valence-corrected chi connectivity index (χ4v) is 2.93. The van der Waals surface area contributed by atoms with E-state index in [9.17, 15) is 0 Å². The molecule has 2 aromatic carbocycles. The zero-order valence-electron chi connectivity index (χ0n) is 12.3. The first-order valence-corrected chi connectivity index (χ1v) is 7.36. The zero-order chi connectivity index (χ0) is 13.7. The van der Waals surface area contributed by atoms with Crippen LogP contribution in [-0.4, -0.2) is 0 Å². The van der Waals surface area contributed by atoms with Gasteiger partial charge in [0, 0.05) is 0 Å². The Hall–Kier alpha value is -1.56. The Morgan fingerprint density at radius 3 is 2.11 bits per heavy atom. The smallest absolute Gasteiger partial charge is 0.00718 e. The van der Waals surface area contributed by atoms with Crippen LogP contribution in [0, 0.1) is 0 Å². The van der Waals surface area contributed by atoms with Gasteiger partial charge in [-0.2, -0.15) is 0 Å². The van der Waals surface area contributed by atoms with E-state index in [1.54, 1.807) is 0 Å². The van der Waals surface area contributed by atoms with E-state index in [1.165, 1.54) is 36.0 Å². The zero-order valence-corrected chi connectivity index (χ0v) is 12.3. The van der Waals surface area contributed by atoms with Gasteiger partial charge in [-0.3, -0.25) is 0 Å². The Morgan fingerprint density at radius 1 is 0.842 bits per heavy atom. The van der Waals surface area contributed by atoms with E-state index < -0.39 is 0 Å². The van der Waals surface area contributed by atoms with Crippen molar-refractivity contribution in [3.63, 3.8) is 0 Å². The Bertz CT molecular complexity index is 513. The summed E-state index contributed by atoms with van der Waals surface area (Å²) in [5.74, 6) is 0. The molecule has 0 aliphatic heterocycles. The third-order valence-corrected chi connectivity index (χ3v) is 4.24. The molecule has 0 aromatic heterocycles. The molecule has 0 spiro atoms. The van der Waals surface area contributed by atoms with Gasteiger partial charge in [0.2, 0.25) is 0 Å². The number of hydrogen-bond donors (Lipinski definition) is 0. The minimum atomic E-state index is 0.279. The molecular weight excluding hydrogens is 228 g/mol. The van der Waals surface area contributed by atoms with Crippen molar-refractivity contribution in [2.24, 2.45) is 0 Å². The predicted octanol–water partition coefficient (Wildman–Crippen LogP) is 5.82. The minimum absolute atomic E-state index is 0.279. The van der Waals surface area contributed by atoms with Crippen LogP contribution < -0.4 is 0 Å². The van der Waals surface area contributed by atoms with Gasteiger partial charge >= 0.3 is 0 Å². The van der Waals surface area contributed by atoms with Gasteiger partial charge in [-0.1, -0.05) is 81.8 Å². The molecule has 0 radical (unpaired) electrons. The summed E-state index contributed by atoms with van der Waals surface area (Å²) in [6.45, 7) is 6.98. The average molecular weight is 252 g/mol. The lowest BCUT2D eigenvalue weighted by molar-refractivity contribution is 0.415. The molecule has 0 amide bonds. The van der Waals surface area contributed by atoms with Crippen molar-refractivity contribution in [2.75, 3.05) is 0 Å². The second kappa shape index (κ2) is 6.06. The van der Waals surface area contributed by atoms with Gasteiger partial charge in [-0.15, -0.1) is 0 Å². The molecule has 0 aliphatic carbocycles. The second-order valence-corrected chi connectivity index (χ2v) is 5.58. The Morgan fingerprint density at radius 2 is 1.47 bits per heavy atom. The van der Waals surface area contributed by atoms with Crippen molar-refractivity contribution in [3.8, 4) is 11.1 Å². The first-order chi connectivity index (χ1) is 9.21. The van der Waals surface area contributed by atoms with E-state index in [4.69, 9.17) is 0 Å². The summed E-state index contributed by atoms with van der Waals surface area (Å²) in [5, 5.41) is 0. The van der Waals surface area contributed by atoms with Gasteiger partial charge < -0.3 is 0 Å². The largest absolute Gasteiger partial charge is 0.0654 e. The van der Waals surface area contributed by atoms with Gasteiger partial charge in [0.1, 0.15) is 0 Å². The summed E-state index contributed by atoms with van der Waals surface area (Å²) in [6.07, 6.45) is 3.66. The van der Waals surface area contributed by atoms with Gasteiger partial charge in [-0.25, -0.2) is 0 Å². The maximum Gasteiger partial charge on any atom is -0.00718 e. The molecule has 19 heavy (non-hydrogen) atoms. The third-order valence-electron chi connectivity index (χ3n) is 4.24. The fraction of sp³-hybridized carbons (Fsp3) is 0.368. The van der Waals surface area contributed by atoms with E-state index in [1.807, 2.05) is 0 Å². The normalized spacial score (nSPS) is 14.1. The summed E-state index contributed by atoms with van der Waals surface area (Å²) in [7, 11) is 0. The van der Waals surface area contributed by atoms with Crippen molar-refractivity contribution in [3.05, 3.63) is 60.2 Å². The van der Waals surface area contributed by atoms with E-state index in [-0.39, 0.29) is 5.41 Å². The molecule has 0 aliphatic rings. The molecule has 0 heterocycles. The van der Waals surface area contributed by atoms with Gasteiger partial charge in [0.25, 0.3) is 0 Å². The van der Waals surface area contributed by atoms with Crippen LogP contribution in [0.3, 0.4) is 0 Å². The quantitative estimate of drug-likeness (QED) is 0.629. The highest BCUT2D eigenvalue weighted by molar-refractivity contribution is 5.68. The maximum atomic E-state index is 2.40. The molecule has 0 nitrogen and oxygen atoms in total. The highest BCUT2D eigenvalue weighted by Gasteiger charge is 2.26. The molecule has 0 heteroatoms. The van der Waals surface area contributed by atoms with Crippen LogP contribution in [0.15, 0.2) is 54.6 Å². The fourth-order valence-electron chi connectivity index (χ4n) is 2.93. The summed E-state index contributed by atoms with van der Waals surface area (Å²) in [5.41, 5.74) is 4.49. The summed E-state index contributed by atoms with van der Waals surface area (Å²) >= 11 is 0. The molecule has 1 atom stereocenters. The van der Waals surface area contributed by atoms with Gasteiger partial charge in [-0.05, 0) is 34.9 Å². The highest BCUT2D eigenvalue weighted by Crippen LogP contribution is 2.38. The van der Waals surface area contributed by atoms with Crippen molar-refractivity contribution in [1.82, 2.24) is 0 Å². The van der Waals surface area contributed by atoms with Crippen LogP contribution >= 0.6 is 0 Å². The Labute approximate surface area is 117 Å². The summed E-state index contributed by atoms with van der Waals surface area (Å²) in [4.78, 5) is 0. The topological polar surface area (TPSA) is 0 Å². The van der Waals surface area contributed by atoms with Crippen LogP contribution in [0.5, 0.6) is 0 Å². The monoisotopic (exact) mass is 252 g/mol. The number of hydrogen-bond acceptors (Lipinski definition) is 0. The molecule has 2 rings (SSSR count). The van der Waals surface area contributed by atoms with Crippen molar-refractivity contribution in [1.29, 1.82) is 0 Å². The van der Waals surface area contributed by atoms with E-state index in [0.717, 1.165) is 0 Å². The molecule has 0 saturated heterocycles. The first-order valence-electron chi connectivity index (χ1n) is 7.36. The molecule has 0 fully saturated rings. The molecule has 0 bridgehead atoms. The van der Waals surface area contributed by atoms with Crippen LogP contribution in [-0.2, 0) is 5.41 Å². The van der Waals surface area contributed by atoms with E-state index in [2.05, 4.69) is 75.4 Å². The van der Waals surface area contributed by atoms with Crippen LogP contribution in [0.4, 0.5) is 0 Å². The third kappa shape index (κ3) is 2.89. The van der Waals surface area contributed by atoms with Crippen LogP contribution in [0.1, 0.15) is 45.6 Å². The van der Waals surface area contributed by atoms with Crippen molar-refractivity contribution in [2.45, 2.75) is 45.4 Å². The van der Waals surface area contributed by atoms with Crippen LogP contribution in [0.2, 0.25) is 0 Å². The number of rotatable bonds is 5. The van der Waals surface area contributed by atoms with Crippen molar-refractivity contribution < 1.29 is 0 Å². The SMILES string of the molecule is CCCC(C)(CC)c1ccccc1-c1ccccc1. The van der Waals surface area contributed by atoms with Gasteiger partial charge in [0.15, 0.2) is 0 Å².